The van der Waals surface area contributed by atoms with Gasteiger partial charge in [0.1, 0.15) is 0 Å². The van der Waals surface area contributed by atoms with Gasteiger partial charge in [0.2, 0.25) is 11.8 Å². The molecule has 0 bridgehead atoms. The first-order valence-corrected chi connectivity index (χ1v) is 9.71. The Labute approximate surface area is 159 Å². The molecule has 2 amide bonds. The summed E-state index contributed by atoms with van der Waals surface area (Å²) in [4.78, 5) is 25.0. The molecule has 2 aromatic carbocycles. The summed E-state index contributed by atoms with van der Waals surface area (Å²) in [6, 6.07) is 13.6. The molecule has 2 N–H and O–H groups in total. The first-order chi connectivity index (χ1) is 12.4. The first-order valence-electron chi connectivity index (χ1n) is 8.83. The van der Waals surface area contributed by atoms with Gasteiger partial charge in [0.15, 0.2) is 0 Å². The predicted molar refractivity (Wildman–Crippen MR) is 110 cm³/mol. The zero-order chi connectivity index (χ0) is 19.1. The molecular weight excluding hydrogens is 344 g/mol. The van der Waals surface area contributed by atoms with Crippen molar-refractivity contribution in [3.05, 3.63) is 53.6 Å². The van der Waals surface area contributed by atoms with Crippen LogP contribution in [0.25, 0.3) is 0 Å². The second kappa shape index (κ2) is 9.43. The number of hydrogen-bond acceptors (Lipinski definition) is 3. The van der Waals surface area contributed by atoms with Gasteiger partial charge in [-0.05, 0) is 74.7 Å². The van der Waals surface area contributed by atoms with Gasteiger partial charge in [-0.3, -0.25) is 9.59 Å². The third-order valence-electron chi connectivity index (χ3n) is 3.79. The van der Waals surface area contributed by atoms with E-state index in [2.05, 4.69) is 16.7 Å². The maximum atomic E-state index is 12.4. The number of anilines is 2. The molecule has 4 nitrogen and oxygen atoms in total. The van der Waals surface area contributed by atoms with E-state index < -0.39 is 0 Å². The molecule has 0 aliphatic carbocycles. The van der Waals surface area contributed by atoms with E-state index in [1.807, 2.05) is 64.1 Å². The normalized spacial score (nSPS) is 11.7. The lowest BCUT2D eigenvalue weighted by Gasteiger charge is -2.13. The predicted octanol–water partition coefficient (Wildman–Crippen LogP) is 5.16. The van der Waals surface area contributed by atoms with E-state index in [-0.39, 0.29) is 17.1 Å². The largest absolute Gasteiger partial charge is 0.326 e. The van der Waals surface area contributed by atoms with Gasteiger partial charge in [0.25, 0.3) is 0 Å². The lowest BCUT2D eigenvalue weighted by Crippen LogP contribution is -2.22. The highest BCUT2D eigenvalue weighted by Gasteiger charge is 2.15. The summed E-state index contributed by atoms with van der Waals surface area (Å²) < 4.78 is 0. The average Bonchev–Trinajstić information content (AvgIpc) is 2.55. The quantitative estimate of drug-likeness (QED) is 0.662. The second-order valence-corrected chi connectivity index (χ2v) is 7.86. The summed E-state index contributed by atoms with van der Waals surface area (Å²) >= 11 is 1.49. The molecule has 1 unspecified atom stereocenters. The van der Waals surface area contributed by atoms with E-state index in [9.17, 15) is 9.59 Å². The molecule has 0 fully saturated rings. The van der Waals surface area contributed by atoms with E-state index in [0.29, 0.717) is 6.42 Å². The van der Waals surface area contributed by atoms with Gasteiger partial charge >= 0.3 is 0 Å². The molecule has 0 saturated heterocycles. The van der Waals surface area contributed by atoms with E-state index in [1.54, 1.807) is 0 Å². The molecule has 26 heavy (non-hydrogen) atoms. The number of carbonyl (C=O) groups is 2. The fourth-order valence-electron chi connectivity index (χ4n) is 2.62. The van der Waals surface area contributed by atoms with Gasteiger partial charge in [-0.2, -0.15) is 0 Å². The Balaban J connectivity index is 1.92. The molecule has 0 saturated carbocycles. The number of thioether (sulfide) groups is 1. The van der Waals surface area contributed by atoms with Crippen molar-refractivity contribution in [3.63, 3.8) is 0 Å². The van der Waals surface area contributed by atoms with Crippen molar-refractivity contribution >= 4 is 35.0 Å². The number of amides is 2. The number of rotatable bonds is 7. The number of carbonyl (C=O) groups excluding carboxylic acids is 2. The summed E-state index contributed by atoms with van der Waals surface area (Å²) in [7, 11) is 0. The molecule has 2 rings (SSSR count). The van der Waals surface area contributed by atoms with Crippen LogP contribution in [0, 0.1) is 13.8 Å². The number of benzene rings is 2. The lowest BCUT2D eigenvalue weighted by molar-refractivity contribution is -0.116. The zero-order valence-electron chi connectivity index (χ0n) is 15.8. The minimum Gasteiger partial charge on any atom is -0.326 e. The van der Waals surface area contributed by atoms with Crippen molar-refractivity contribution in [2.75, 3.05) is 10.6 Å². The Hall–Kier alpha value is -2.27. The maximum Gasteiger partial charge on any atom is 0.237 e. The highest BCUT2D eigenvalue weighted by molar-refractivity contribution is 8.00. The van der Waals surface area contributed by atoms with Crippen LogP contribution in [0.15, 0.2) is 47.4 Å². The monoisotopic (exact) mass is 370 g/mol. The molecule has 1 atom stereocenters. The molecular formula is C21H26N2O2S. The standard InChI is InChI=1S/C21H26N2O2S/c1-5-6-20(24)22-17-7-9-19(10-8-17)26-16(4)21(25)23-18-12-14(2)11-15(3)13-18/h7-13,16H,5-6H2,1-4H3,(H,22,24)(H,23,25). The lowest BCUT2D eigenvalue weighted by atomic mass is 10.1. The SMILES string of the molecule is CCCC(=O)Nc1ccc(SC(C)C(=O)Nc2cc(C)cc(C)c2)cc1. The molecule has 0 spiro atoms. The third kappa shape index (κ3) is 6.23. The van der Waals surface area contributed by atoms with Crippen molar-refractivity contribution < 1.29 is 9.59 Å². The minimum atomic E-state index is -0.226. The highest BCUT2D eigenvalue weighted by Crippen LogP contribution is 2.26. The molecule has 0 aromatic heterocycles. The van der Waals surface area contributed by atoms with Crippen molar-refractivity contribution in [1.82, 2.24) is 0 Å². The topological polar surface area (TPSA) is 58.2 Å². The maximum absolute atomic E-state index is 12.4. The summed E-state index contributed by atoms with van der Waals surface area (Å²) in [6.45, 7) is 7.90. The number of hydrogen-bond donors (Lipinski definition) is 2. The van der Waals surface area contributed by atoms with Crippen LogP contribution in [0.1, 0.15) is 37.8 Å². The Bertz CT molecular complexity index is 752. The van der Waals surface area contributed by atoms with Crippen LogP contribution >= 0.6 is 11.8 Å². The van der Waals surface area contributed by atoms with Crippen LogP contribution in [-0.2, 0) is 9.59 Å². The average molecular weight is 371 g/mol. The van der Waals surface area contributed by atoms with Crippen LogP contribution < -0.4 is 10.6 Å². The summed E-state index contributed by atoms with van der Waals surface area (Å²) in [6.07, 6.45) is 1.35. The smallest absolute Gasteiger partial charge is 0.237 e. The van der Waals surface area contributed by atoms with Crippen LogP contribution in [0.2, 0.25) is 0 Å². The van der Waals surface area contributed by atoms with Gasteiger partial charge in [-0.15, -0.1) is 11.8 Å². The van der Waals surface area contributed by atoms with Crippen molar-refractivity contribution in [3.8, 4) is 0 Å². The van der Waals surface area contributed by atoms with Gasteiger partial charge in [0.05, 0.1) is 5.25 Å². The van der Waals surface area contributed by atoms with E-state index in [4.69, 9.17) is 0 Å². The van der Waals surface area contributed by atoms with Crippen LogP contribution in [-0.4, -0.2) is 17.1 Å². The van der Waals surface area contributed by atoms with Crippen LogP contribution in [0.3, 0.4) is 0 Å². The minimum absolute atomic E-state index is 0.0223. The molecule has 0 radical (unpaired) electrons. The molecule has 0 aliphatic rings. The Morgan fingerprint density at radius 1 is 0.962 bits per heavy atom. The zero-order valence-corrected chi connectivity index (χ0v) is 16.6. The van der Waals surface area contributed by atoms with Crippen LogP contribution in [0.4, 0.5) is 11.4 Å². The Morgan fingerprint density at radius 3 is 2.15 bits per heavy atom. The number of aryl methyl sites for hydroxylation is 2. The van der Waals surface area contributed by atoms with Crippen molar-refractivity contribution in [2.24, 2.45) is 0 Å². The summed E-state index contributed by atoms with van der Waals surface area (Å²) in [5.74, 6) is -0.00516. The van der Waals surface area contributed by atoms with E-state index in [0.717, 1.165) is 33.8 Å². The van der Waals surface area contributed by atoms with Crippen LogP contribution in [0.5, 0.6) is 0 Å². The fraction of sp³-hybridized carbons (Fsp3) is 0.333. The summed E-state index contributed by atoms with van der Waals surface area (Å²) in [5, 5.41) is 5.61. The molecule has 0 heterocycles. The Kier molecular flexibility index (Phi) is 7.27. The third-order valence-corrected chi connectivity index (χ3v) is 4.90. The van der Waals surface area contributed by atoms with Crippen molar-refractivity contribution in [1.29, 1.82) is 0 Å². The van der Waals surface area contributed by atoms with Gasteiger partial charge < -0.3 is 10.6 Å². The van der Waals surface area contributed by atoms with E-state index >= 15 is 0 Å². The second-order valence-electron chi connectivity index (χ2n) is 6.45. The van der Waals surface area contributed by atoms with Gasteiger partial charge in [-0.1, -0.05) is 13.0 Å². The Morgan fingerprint density at radius 2 is 1.58 bits per heavy atom. The van der Waals surface area contributed by atoms with E-state index in [1.165, 1.54) is 11.8 Å². The summed E-state index contributed by atoms with van der Waals surface area (Å²) in [5.41, 5.74) is 3.86. The van der Waals surface area contributed by atoms with Gasteiger partial charge in [-0.25, -0.2) is 0 Å². The van der Waals surface area contributed by atoms with Gasteiger partial charge in [0, 0.05) is 22.7 Å². The molecule has 5 heteroatoms. The highest BCUT2D eigenvalue weighted by atomic mass is 32.2. The number of nitrogens with one attached hydrogen (secondary N) is 2. The first kappa shape index (κ1) is 20.0. The molecule has 0 aliphatic heterocycles. The molecule has 2 aromatic rings. The fourth-order valence-corrected chi connectivity index (χ4v) is 3.48. The molecule has 138 valence electrons. The van der Waals surface area contributed by atoms with Crippen molar-refractivity contribution in [2.45, 2.75) is 50.7 Å².